The van der Waals surface area contributed by atoms with Crippen LogP contribution in [0.5, 0.6) is 5.75 Å². The van der Waals surface area contributed by atoms with Gasteiger partial charge in [0.1, 0.15) is 5.75 Å². The molecule has 1 fully saturated rings. The van der Waals surface area contributed by atoms with Gasteiger partial charge in [0.25, 0.3) is 0 Å². The summed E-state index contributed by atoms with van der Waals surface area (Å²) in [6.45, 7) is 6.34. The van der Waals surface area contributed by atoms with Crippen LogP contribution in [0.4, 0.5) is 0 Å². The van der Waals surface area contributed by atoms with E-state index in [2.05, 4.69) is 19.1 Å². The highest BCUT2D eigenvalue weighted by Crippen LogP contribution is 2.41. The van der Waals surface area contributed by atoms with Crippen molar-refractivity contribution in [2.24, 2.45) is 17.6 Å². The zero-order valence-corrected chi connectivity index (χ0v) is 11.0. The molecule has 2 N–H and O–H groups in total. The Hall–Kier alpha value is -1.02. The van der Waals surface area contributed by atoms with Gasteiger partial charge in [0.15, 0.2) is 0 Å². The first-order valence-corrected chi connectivity index (χ1v) is 6.60. The summed E-state index contributed by atoms with van der Waals surface area (Å²) in [4.78, 5) is 0. The highest BCUT2D eigenvalue weighted by Gasteiger charge is 2.32. The Balaban J connectivity index is 2.01. The monoisotopic (exact) mass is 233 g/mol. The molecule has 94 valence electrons. The number of rotatable bonds is 5. The lowest BCUT2D eigenvalue weighted by Gasteiger charge is -2.20. The minimum Gasteiger partial charge on any atom is -0.491 e. The molecular weight excluding hydrogens is 210 g/mol. The van der Waals surface area contributed by atoms with Crippen molar-refractivity contribution in [3.8, 4) is 5.75 Å². The maximum Gasteiger partial charge on any atom is 0.119 e. The fraction of sp³-hybridized carbons (Fsp3) is 0.600. The summed E-state index contributed by atoms with van der Waals surface area (Å²) < 4.78 is 5.63. The van der Waals surface area contributed by atoms with Gasteiger partial charge in [-0.25, -0.2) is 0 Å². The van der Waals surface area contributed by atoms with Gasteiger partial charge >= 0.3 is 0 Å². The molecule has 2 unspecified atom stereocenters. The molecule has 17 heavy (non-hydrogen) atoms. The van der Waals surface area contributed by atoms with E-state index in [1.165, 1.54) is 18.4 Å². The SMILES string of the molecule is CC(C)Oc1ccc(C(N)C(C)C2CC2)cc1. The molecule has 1 aliphatic rings. The molecule has 0 bridgehead atoms. The van der Waals surface area contributed by atoms with E-state index in [1.807, 2.05) is 26.0 Å². The average molecular weight is 233 g/mol. The molecule has 2 nitrogen and oxygen atoms in total. The number of benzene rings is 1. The number of nitrogens with two attached hydrogens (primary N) is 1. The van der Waals surface area contributed by atoms with Crippen molar-refractivity contribution in [1.29, 1.82) is 0 Å². The standard InChI is InChI=1S/C15H23NO/c1-10(2)17-14-8-6-13(7-9-14)15(16)11(3)12-4-5-12/h6-12,15H,4-5,16H2,1-3H3. The first-order chi connectivity index (χ1) is 8.08. The normalized spacial score (nSPS) is 19.1. The Bertz CT molecular complexity index is 354. The average Bonchev–Trinajstić information content (AvgIpc) is 3.11. The summed E-state index contributed by atoms with van der Waals surface area (Å²) in [6.07, 6.45) is 2.92. The zero-order valence-electron chi connectivity index (χ0n) is 11.0. The molecule has 0 heterocycles. The lowest BCUT2D eigenvalue weighted by molar-refractivity contribution is 0.242. The Morgan fingerprint density at radius 2 is 1.71 bits per heavy atom. The molecule has 1 aromatic rings. The van der Waals surface area contributed by atoms with E-state index in [9.17, 15) is 0 Å². The van der Waals surface area contributed by atoms with E-state index in [1.54, 1.807) is 0 Å². The van der Waals surface area contributed by atoms with Gasteiger partial charge in [-0.3, -0.25) is 0 Å². The maximum atomic E-state index is 6.29. The minimum atomic E-state index is 0.163. The smallest absolute Gasteiger partial charge is 0.119 e. The number of ether oxygens (including phenoxy) is 1. The van der Waals surface area contributed by atoms with Gasteiger partial charge in [-0.1, -0.05) is 19.1 Å². The molecule has 1 saturated carbocycles. The number of hydrogen-bond donors (Lipinski definition) is 1. The molecule has 2 atom stereocenters. The van der Waals surface area contributed by atoms with Crippen molar-refractivity contribution in [2.75, 3.05) is 0 Å². The largest absolute Gasteiger partial charge is 0.491 e. The van der Waals surface area contributed by atoms with Crippen LogP contribution in [0.3, 0.4) is 0 Å². The van der Waals surface area contributed by atoms with E-state index in [0.717, 1.165) is 11.7 Å². The summed E-state index contributed by atoms with van der Waals surface area (Å²) in [5.74, 6) is 2.36. The van der Waals surface area contributed by atoms with Gasteiger partial charge in [-0.2, -0.15) is 0 Å². The number of hydrogen-bond acceptors (Lipinski definition) is 2. The molecule has 1 aromatic carbocycles. The molecule has 2 rings (SSSR count). The third-order valence-corrected chi connectivity index (χ3v) is 3.57. The van der Waals surface area contributed by atoms with Gasteiger partial charge in [0.05, 0.1) is 6.10 Å². The van der Waals surface area contributed by atoms with Crippen molar-refractivity contribution in [1.82, 2.24) is 0 Å². The fourth-order valence-electron chi connectivity index (χ4n) is 2.26. The van der Waals surface area contributed by atoms with Gasteiger partial charge in [0.2, 0.25) is 0 Å². The second kappa shape index (κ2) is 5.09. The molecule has 0 aliphatic heterocycles. The summed E-state index contributed by atoms with van der Waals surface area (Å²) >= 11 is 0. The van der Waals surface area contributed by atoms with Crippen molar-refractivity contribution in [3.05, 3.63) is 29.8 Å². The van der Waals surface area contributed by atoms with Gasteiger partial charge in [-0.05, 0) is 56.2 Å². The van der Waals surface area contributed by atoms with Crippen molar-refractivity contribution < 1.29 is 4.74 Å². The second-order valence-electron chi connectivity index (χ2n) is 5.46. The Labute approximate surface area is 104 Å². The fourth-order valence-corrected chi connectivity index (χ4v) is 2.26. The molecular formula is C15H23NO. The minimum absolute atomic E-state index is 0.163. The first kappa shape index (κ1) is 12.4. The summed E-state index contributed by atoms with van der Waals surface area (Å²) in [5.41, 5.74) is 7.51. The molecule has 0 aromatic heterocycles. The molecule has 0 spiro atoms. The Morgan fingerprint density at radius 3 is 2.18 bits per heavy atom. The van der Waals surface area contributed by atoms with Crippen molar-refractivity contribution >= 4 is 0 Å². The van der Waals surface area contributed by atoms with Gasteiger partial charge in [0, 0.05) is 6.04 Å². The molecule has 0 saturated heterocycles. The summed E-state index contributed by atoms with van der Waals surface area (Å²) in [5, 5.41) is 0. The first-order valence-electron chi connectivity index (χ1n) is 6.60. The van der Waals surface area contributed by atoms with Crippen LogP contribution in [0, 0.1) is 11.8 Å². The molecule has 0 radical (unpaired) electrons. The Kier molecular flexibility index (Phi) is 3.72. The predicted molar refractivity (Wildman–Crippen MR) is 71.0 cm³/mol. The lowest BCUT2D eigenvalue weighted by atomic mass is 9.91. The second-order valence-corrected chi connectivity index (χ2v) is 5.46. The third-order valence-electron chi connectivity index (χ3n) is 3.57. The highest BCUT2D eigenvalue weighted by atomic mass is 16.5. The highest BCUT2D eigenvalue weighted by molar-refractivity contribution is 5.29. The van der Waals surface area contributed by atoms with E-state index in [4.69, 9.17) is 10.5 Å². The van der Waals surface area contributed by atoms with Crippen LogP contribution in [0.1, 0.15) is 45.2 Å². The van der Waals surface area contributed by atoms with E-state index >= 15 is 0 Å². The van der Waals surface area contributed by atoms with Crippen LogP contribution in [0.25, 0.3) is 0 Å². The van der Waals surface area contributed by atoms with Crippen LogP contribution in [-0.4, -0.2) is 6.10 Å². The van der Waals surface area contributed by atoms with Crippen LogP contribution >= 0.6 is 0 Å². The van der Waals surface area contributed by atoms with E-state index < -0.39 is 0 Å². The van der Waals surface area contributed by atoms with E-state index in [-0.39, 0.29) is 12.1 Å². The summed E-state index contributed by atoms with van der Waals surface area (Å²) in [7, 11) is 0. The van der Waals surface area contributed by atoms with Crippen LogP contribution in [0.15, 0.2) is 24.3 Å². The molecule has 2 heteroatoms. The van der Waals surface area contributed by atoms with Crippen molar-refractivity contribution in [2.45, 2.75) is 45.8 Å². The van der Waals surface area contributed by atoms with Crippen molar-refractivity contribution in [3.63, 3.8) is 0 Å². The van der Waals surface area contributed by atoms with Crippen LogP contribution < -0.4 is 10.5 Å². The van der Waals surface area contributed by atoms with Gasteiger partial charge in [-0.15, -0.1) is 0 Å². The maximum absolute atomic E-state index is 6.29. The Morgan fingerprint density at radius 1 is 1.12 bits per heavy atom. The topological polar surface area (TPSA) is 35.2 Å². The van der Waals surface area contributed by atoms with E-state index in [0.29, 0.717) is 5.92 Å². The van der Waals surface area contributed by atoms with Gasteiger partial charge < -0.3 is 10.5 Å². The molecule has 0 amide bonds. The zero-order chi connectivity index (χ0) is 12.4. The lowest BCUT2D eigenvalue weighted by Crippen LogP contribution is -2.20. The quantitative estimate of drug-likeness (QED) is 0.844. The molecule has 1 aliphatic carbocycles. The predicted octanol–water partition coefficient (Wildman–Crippen LogP) is 3.52. The van der Waals surface area contributed by atoms with Crippen LogP contribution in [0.2, 0.25) is 0 Å². The summed E-state index contributed by atoms with van der Waals surface area (Å²) in [6, 6.07) is 8.40. The van der Waals surface area contributed by atoms with Crippen LogP contribution in [-0.2, 0) is 0 Å². The third kappa shape index (κ3) is 3.22.